The van der Waals surface area contributed by atoms with Gasteiger partial charge in [0.25, 0.3) is 0 Å². The molecule has 0 atom stereocenters. The van der Waals surface area contributed by atoms with E-state index < -0.39 is 21.4 Å². The maximum atomic E-state index is 14.1. The first-order valence-electron chi connectivity index (χ1n) is 7.15. The third kappa shape index (κ3) is 3.96. The number of nitrogens with zero attached hydrogens (tertiary/aromatic N) is 1. The van der Waals surface area contributed by atoms with Crippen LogP contribution in [0.15, 0.2) is 23.1 Å². The van der Waals surface area contributed by atoms with E-state index in [0.29, 0.717) is 0 Å². The molecule has 1 aliphatic rings. The Morgan fingerprint density at radius 1 is 1.36 bits per heavy atom. The van der Waals surface area contributed by atoms with Gasteiger partial charge in [0.15, 0.2) is 11.6 Å². The molecule has 1 aliphatic carbocycles. The van der Waals surface area contributed by atoms with Gasteiger partial charge in [-0.25, -0.2) is 12.8 Å². The number of rotatable bonds is 5. The van der Waals surface area contributed by atoms with Crippen LogP contribution in [0.2, 0.25) is 0 Å². The molecule has 0 radical (unpaired) electrons. The van der Waals surface area contributed by atoms with E-state index in [2.05, 4.69) is 4.72 Å². The van der Waals surface area contributed by atoms with Gasteiger partial charge in [0.2, 0.25) is 10.0 Å². The van der Waals surface area contributed by atoms with Crippen LogP contribution in [0.5, 0.6) is 5.75 Å². The molecule has 120 valence electrons. The average Bonchev–Trinajstić information content (AvgIpc) is 2.93. The zero-order valence-corrected chi connectivity index (χ0v) is 13.4. The molecule has 22 heavy (non-hydrogen) atoms. The second-order valence-corrected chi connectivity index (χ2v) is 7.64. The van der Waals surface area contributed by atoms with Crippen LogP contribution in [0, 0.1) is 17.1 Å². The van der Waals surface area contributed by atoms with Gasteiger partial charge < -0.3 is 4.74 Å². The van der Waals surface area contributed by atoms with Crippen molar-refractivity contribution in [3.63, 3.8) is 0 Å². The van der Waals surface area contributed by atoms with Crippen LogP contribution in [0.1, 0.15) is 39.5 Å². The number of halogens is 1. The number of sulfonamides is 1. The Morgan fingerprint density at radius 3 is 2.55 bits per heavy atom. The minimum atomic E-state index is -3.96. The summed E-state index contributed by atoms with van der Waals surface area (Å²) in [5.41, 5.74) is -1.27. The lowest BCUT2D eigenvalue weighted by Crippen LogP contribution is -2.41. The molecule has 1 fully saturated rings. The number of ether oxygens (including phenoxy) is 1. The number of hydrogen-bond acceptors (Lipinski definition) is 4. The van der Waals surface area contributed by atoms with Crippen molar-refractivity contribution in [1.29, 1.82) is 5.26 Å². The molecule has 2 rings (SSSR count). The van der Waals surface area contributed by atoms with Crippen LogP contribution in [0.3, 0.4) is 0 Å². The summed E-state index contributed by atoms with van der Waals surface area (Å²) in [6.45, 7) is 2.86. The molecule has 1 aromatic carbocycles. The van der Waals surface area contributed by atoms with Crippen molar-refractivity contribution >= 4 is 10.0 Å². The van der Waals surface area contributed by atoms with E-state index in [1.54, 1.807) is 0 Å². The smallest absolute Gasteiger partial charge is 0.242 e. The summed E-state index contributed by atoms with van der Waals surface area (Å²) in [5.74, 6) is -0.657. The molecule has 0 spiro atoms. The number of benzene rings is 1. The largest absolute Gasteiger partial charge is 0.487 e. The molecule has 0 bridgehead atoms. The highest BCUT2D eigenvalue weighted by molar-refractivity contribution is 7.89. The van der Waals surface area contributed by atoms with Gasteiger partial charge in [-0.15, -0.1) is 0 Å². The van der Waals surface area contributed by atoms with E-state index in [-0.39, 0.29) is 16.7 Å². The van der Waals surface area contributed by atoms with Gasteiger partial charge in [0.05, 0.1) is 17.1 Å². The Kier molecular flexibility index (Phi) is 4.73. The Hall–Kier alpha value is -1.65. The molecule has 1 aromatic rings. The molecule has 1 N–H and O–H groups in total. The fourth-order valence-corrected chi connectivity index (χ4v) is 3.69. The fraction of sp³-hybridized carbons (Fsp3) is 0.533. The van der Waals surface area contributed by atoms with Crippen LogP contribution in [0.4, 0.5) is 4.39 Å². The first-order chi connectivity index (χ1) is 10.2. The van der Waals surface area contributed by atoms with Crippen molar-refractivity contribution in [3.8, 4) is 11.8 Å². The second-order valence-electron chi connectivity index (χ2n) is 5.96. The maximum Gasteiger partial charge on any atom is 0.242 e. The van der Waals surface area contributed by atoms with E-state index in [0.717, 1.165) is 31.7 Å². The van der Waals surface area contributed by atoms with Gasteiger partial charge in [-0.05, 0) is 57.7 Å². The van der Waals surface area contributed by atoms with Gasteiger partial charge in [0, 0.05) is 0 Å². The Bertz CT molecular complexity index is 689. The van der Waals surface area contributed by atoms with Crippen molar-refractivity contribution < 1.29 is 17.5 Å². The summed E-state index contributed by atoms with van der Waals surface area (Å²) in [7, 11) is -3.96. The van der Waals surface area contributed by atoms with Gasteiger partial charge in [-0.3, -0.25) is 0 Å². The Balaban J connectivity index is 2.19. The maximum absolute atomic E-state index is 14.1. The highest BCUT2D eigenvalue weighted by atomic mass is 32.2. The van der Waals surface area contributed by atoms with Crippen molar-refractivity contribution in [2.75, 3.05) is 0 Å². The molecule has 1 saturated carbocycles. The molecular formula is C15H19FN2O3S. The first-order valence-corrected chi connectivity index (χ1v) is 8.63. The summed E-state index contributed by atoms with van der Waals surface area (Å²) in [5, 5.41) is 8.89. The van der Waals surface area contributed by atoms with Crippen LogP contribution in [0.25, 0.3) is 0 Å². The minimum Gasteiger partial charge on any atom is -0.487 e. The van der Waals surface area contributed by atoms with E-state index in [1.807, 2.05) is 6.07 Å². The highest BCUT2D eigenvalue weighted by Gasteiger charge is 2.27. The molecule has 5 nitrogen and oxygen atoms in total. The van der Waals surface area contributed by atoms with Gasteiger partial charge >= 0.3 is 0 Å². The molecule has 0 heterocycles. The van der Waals surface area contributed by atoms with Crippen LogP contribution >= 0.6 is 0 Å². The average molecular weight is 326 g/mol. The summed E-state index contributed by atoms with van der Waals surface area (Å²) >= 11 is 0. The van der Waals surface area contributed by atoms with E-state index in [9.17, 15) is 12.8 Å². The lowest BCUT2D eigenvalue weighted by Gasteiger charge is -2.18. The molecule has 0 saturated heterocycles. The van der Waals surface area contributed by atoms with Crippen LogP contribution < -0.4 is 9.46 Å². The predicted octanol–water partition coefficient (Wildman–Crippen LogP) is 2.73. The van der Waals surface area contributed by atoms with E-state index >= 15 is 0 Å². The number of nitriles is 1. The van der Waals surface area contributed by atoms with Crippen molar-refractivity contribution in [2.45, 2.75) is 56.1 Å². The highest BCUT2D eigenvalue weighted by Crippen LogP contribution is 2.27. The van der Waals surface area contributed by atoms with Gasteiger partial charge in [-0.1, -0.05) is 0 Å². The van der Waals surface area contributed by atoms with Crippen LogP contribution in [-0.2, 0) is 10.0 Å². The summed E-state index contributed by atoms with van der Waals surface area (Å²) in [4.78, 5) is -0.230. The van der Waals surface area contributed by atoms with Crippen molar-refractivity contribution in [3.05, 3.63) is 24.0 Å². The van der Waals surface area contributed by atoms with E-state index in [4.69, 9.17) is 10.00 Å². The van der Waals surface area contributed by atoms with Crippen molar-refractivity contribution in [2.24, 2.45) is 0 Å². The summed E-state index contributed by atoms with van der Waals surface area (Å²) < 4.78 is 46.1. The quantitative estimate of drug-likeness (QED) is 0.902. The summed E-state index contributed by atoms with van der Waals surface area (Å²) in [6.07, 6.45) is 3.89. The molecule has 0 aliphatic heterocycles. The molecule has 0 amide bonds. The lowest BCUT2D eigenvalue weighted by atomic mass is 10.1. The number of nitrogens with one attached hydrogen (secondary N) is 1. The van der Waals surface area contributed by atoms with E-state index in [1.165, 1.54) is 26.0 Å². The van der Waals surface area contributed by atoms with Crippen molar-refractivity contribution in [1.82, 2.24) is 4.72 Å². The number of hydrogen-bond donors (Lipinski definition) is 1. The SMILES string of the molecule is CC(C)(C#N)NS(=O)(=O)c1ccc(OC2CCCC2)c(F)c1. The van der Waals surface area contributed by atoms with Gasteiger partial charge in [0.1, 0.15) is 5.54 Å². The third-order valence-corrected chi connectivity index (χ3v) is 5.13. The van der Waals surface area contributed by atoms with Crippen LogP contribution in [-0.4, -0.2) is 20.1 Å². The summed E-state index contributed by atoms with van der Waals surface area (Å²) in [6, 6.07) is 5.35. The molecule has 0 unspecified atom stereocenters. The lowest BCUT2D eigenvalue weighted by molar-refractivity contribution is 0.200. The normalized spacial score (nSPS) is 16.5. The Labute approximate surface area is 130 Å². The monoisotopic (exact) mass is 326 g/mol. The zero-order chi connectivity index (χ0) is 16.4. The first kappa shape index (κ1) is 16.7. The molecular weight excluding hydrogens is 307 g/mol. The minimum absolute atomic E-state index is 0.00685. The molecule has 7 heteroatoms. The molecule has 0 aromatic heterocycles. The standard InChI is InChI=1S/C15H19FN2O3S/c1-15(2,10-17)18-22(19,20)12-7-8-14(13(16)9-12)21-11-5-3-4-6-11/h7-9,11,18H,3-6H2,1-2H3. The fourth-order valence-electron chi connectivity index (χ4n) is 2.35. The zero-order valence-electron chi connectivity index (χ0n) is 12.6. The third-order valence-electron chi connectivity index (χ3n) is 3.48. The Morgan fingerprint density at radius 2 is 2.00 bits per heavy atom. The topological polar surface area (TPSA) is 79.2 Å². The second kappa shape index (κ2) is 6.23. The van der Waals surface area contributed by atoms with Gasteiger partial charge in [-0.2, -0.15) is 9.98 Å². The predicted molar refractivity (Wildman–Crippen MR) is 79.3 cm³/mol.